The minimum atomic E-state index is -1.34. The fraction of sp³-hybridized carbons (Fsp3) is 0.143. The summed E-state index contributed by atoms with van der Waals surface area (Å²) >= 11 is 2.35. The first-order chi connectivity index (χ1) is 11.3. The fourth-order valence-electron chi connectivity index (χ4n) is 2.37. The second-order valence-corrected chi connectivity index (χ2v) is 7.11. The van der Waals surface area contributed by atoms with E-state index >= 15 is 0 Å². The zero-order valence-electron chi connectivity index (χ0n) is 11.7. The van der Waals surface area contributed by atoms with Gasteiger partial charge in [-0.25, -0.2) is 8.78 Å². The minimum absolute atomic E-state index is 0.162. The van der Waals surface area contributed by atoms with Gasteiger partial charge in [-0.05, 0) is 40.8 Å². The maximum absolute atomic E-state index is 13.8. The number of hydrogen-bond donors (Lipinski definition) is 1. The highest BCUT2D eigenvalue weighted by atomic mass is 127. The summed E-state index contributed by atoms with van der Waals surface area (Å²) in [7, 11) is 0. The third-order valence-electron chi connectivity index (χ3n) is 3.44. The van der Waals surface area contributed by atoms with Crippen LogP contribution in [0.2, 0.25) is 0 Å². The van der Waals surface area contributed by atoms with E-state index in [0.29, 0.717) is 11.3 Å². The van der Waals surface area contributed by atoms with Gasteiger partial charge in [-0.1, -0.05) is 6.07 Å². The summed E-state index contributed by atoms with van der Waals surface area (Å²) in [4.78, 5) is 25.2. The molecule has 1 atom stereocenters. The van der Waals surface area contributed by atoms with Gasteiger partial charge in [0.1, 0.15) is 23.7 Å². The van der Waals surface area contributed by atoms with Gasteiger partial charge in [-0.15, -0.1) is 11.3 Å². The number of rotatable bonds is 2. The second kappa shape index (κ2) is 6.33. The van der Waals surface area contributed by atoms with Crippen molar-refractivity contribution in [3.05, 3.63) is 55.0 Å². The van der Waals surface area contributed by atoms with Crippen molar-refractivity contribution in [3.63, 3.8) is 0 Å². The summed E-state index contributed by atoms with van der Waals surface area (Å²) in [6, 6.07) is 4.27. The highest BCUT2D eigenvalue weighted by molar-refractivity contribution is 14.1. The number of hydrogen-bond acceptors (Lipinski definition) is 4. The first kappa shape index (κ1) is 17.2. The quantitative estimate of drug-likeness (QED) is 0.545. The van der Waals surface area contributed by atoms with Gasteiger partial charge in [-0.3, -0.25) is 14.8 Å². The predicted octanol–water partition coefficient (Wildman–Crippen LogP) is 3.14. The van der Waals surface area contributed by atoms with Crippen LogP contribution in [0.4, 0.5) is 13.2 Å². The molecular formula is C14H8F3IN2O3S. The van der Waals surface area contributed by atoms with Crippen LogP contribution in [-0.4, -0.2) is 33.5 Å². The van der Waals surface area contributed by atoms with Crippen LogP contribution in [0, 0.1) is 20.3 Å². The van der Waals surface area contributed by atoms with Crippen molar-refractivity contribution in [2.75, 3.05) is 6.54 Å². The molecule has 2 heterocycles. The standard InChI is InChI=1S/C14H8F3IN2O3S/c15-6-2-1-3-7(16)11(6)14(22)19-5-10(21)20(23)13(19)9-4-8(18)12(17)24-9/h1-4,13,23H,5H2. The van der Waals surface area contributed by atoms with Crippen LogP contribution < -0.4 is 0 Å². The van der Waals surface area contributed by atoms with Gasteiger partial charge in [-0.2, -0.15) is 9.45 Å². The zero-order valence-corrected chi connectivity index (χ0v) is 14.6. The largest absolute Gasteiger partial charge is 0.302 e. The van der Waals surface area contributed by atoms with Gasteiger partial charge in [0.05, 0.1) is 8.45 Å². The van der Waals surface area contributed by atoms with Gasteiger partial charge in [0.25, 0.3) is 11.8 Å². The van der Waals surface area contributed by atoms with Crippen LogP contribution in [0.25, 0.3) is 0 Å². The van der Waals surface area contributed by atoms with Gasteiger partial charge in [0.15, 0.2) is 11.3 Å². The van der Waals surface area contributed by atoms with E-state index in [9.17, 15) is 28.0 Å². The second-order valence-electron chi connectivity index (χ2n) is 4.91. The molecule has 1 fully saturated rings. The Labute approximate surface area is 151 Å². The molecule has 0 aliphatic carbocycles. The molecule has 1 N–H and O–H groups in total. The molecule has 1 aromatic carbocycles. The summed E-state index contributed by atoms with van der Waals surface area (Å²) in [5, 5.41) is 9.61. The molecule has 126 valence electrons. The van der Waals surface area contributed by atoms with Crippen molar-refractivity contribution < 1.29 is 28.0 Å². The molecule has 2 aromatic rings. The van der Waals surface area contributed by atoms with Gasteiger partial charge in [0.2, 0.25) is 0 Å². The van der Waals surface area contributed by atoms with E-state index in [1.165, 1.54) is 6.07 Å². The molecule has 2 amide bonds. The summed E-state index contributed by atoms with van der Waals surface area (Å²) in [5.74, 6) is -4.12. The zero-order chi connectivity index (χ0) is 17.6. The lowest BCUT2D eigenvalue weighted by Crippen LogP contribution is -2.34. The summed E-state index contributed by atoms with van der Waals surface area (Å²) in [5.41, 5.74) is -0.836. The van der Waals surface area contributed by atoms with Gasteiger partial charge in [0, 0.05) is 0 Å². The van der Waals surface area contributed by atoms with Gasteiger partial charge >= 0.3 is 0 Å². The highest BCUT2D eigenvalue weighted by Crippen LogP contribution is 2.36. The Balaban J connectivity index is 2.04. The molecular weight excluding hydrogens is 460 g/mol. The van der Waals surface area contributed by atoms with Crippen LogP contribution in [0.5, 0.6) is 0 Å². The van der Waals surface area contributed by atoms with E-state index < -0.39 is 46.9 Å². The van der Waals surface area contributed by atoms with E-state index in [1.54, 1.807) is 22.6 Å². The average Bonchev–Trinajstić information content (AvgIpc) is 2.99. The third kappa shape index (κ3) is 2.78. The Bertz CT molecular complexity index is 805. The number of amides is 2. The van der Waals surface area contributed by atoms with Crippen molar-refractivity contribution >= 4 is 45.7 Å². The summed E-state index contributed by atoms with van der Waals surface area (Å²) in [6.07, 6.45) is -1.34. The molecule has 5 nitrogen and oxygen atoms in total. The predicted molar refractivity (Wildman–Crippen MR) is 85.8 cm³/mol. The number of carbonyl (C=O) groups is 2. The summed E-state index contributed by atoms with van der Waals surface area (Å²) < 4.78 is 41.5. The van der Waals surface area contributed by atoms with E-state index in [0.717, 1.165) is 23.1 Å². The number of nitrogens with zero attached hydrogens (tertiary/aromatic N) is 2. The molecule has 1 saturated heterocycles. The van der Waals surface area contributed by atoms with Crippen LogP contribution in [-0.2, 0) is 4.79 Å². The maximum atomic E-state index is 13.8. The van der Waals surface area contributed by atoms with Crippen LogP contribution >= 0.6 is 33.9 Å². The molecule has 1 aliphatic rings. The van der Waals surface area contributed by atoms with E-state index in [1.807, 2.05) is 0 Å². The normalized spacial score (nSPS) is 17.7. The lowest BCUT2D eigenvalue weighted by atomic mass is 10.1. The number of thiophene rings is 1. The van der Waals surface area contributed by atoms with E-state index in [2.05, 4.69) is 0 Å². The number of carbonyl (C=O) groups excluding carboxylic acids is 2. The Hall–Kier alpha value is -1.66. The lowest BCUT2D eigenvalue weighted by Gasteiger charge is -2.25. The van der Waals surface area contributed by atoms with Crippen molar-refractivity contribution in [2.24, 2.45) is 0 Å². The lowest BCUT2D eigenvalue weighted by molar-refractivity contribution is -0.168. The van der Waals surface area contributed by atoms with Crippen molar-refractivity contribution in [1.29, 1.82) is 0 Å². The molecule has 0 saturated carbocycles. The molecule has 0 spiro atoms. The van der Waals surface area contributed by atoms with E-state index in [4.69, 9.17) is 0 Å². The monoisotopic (exact) mass is 468 g/mol. The first-order valence-corrected chi connectivity index (χ1v) is 8.41. The molecule has 10 heteroatoms. The number of halogens is 4. The number of hydroxylamine groups is 2. The molecule has 24 heavy (non-hydrogen) atoms. The maximum Gasteiger partial charge on any atom is 0.268 e. The van der Waals surface area contributed by atoms with E-state index in [-0.39, 0.29) is 13.5 Å². The SMILES string of the molecule is O=C1CN(C(=O)c2c(F)cccc2F)C(c2cc(I)c(F)s2)N1O. The Kier molecular flexibility index (Phi) is 4.53. The van der Waals surface area contributed by atoms with Crippen LogP contribution in [0.15, 0.2) is 24.3 Å². The molecule has 1 unspecified atom stereocenters. The van der Waals surface area contributed by atoms with Crippen LogP contribution in [0.1, 0.15) is 21.4 Å². The Morgan fingerprint density at radius 1 is 1.29 bits per heavy atom. The van der Waals surface area contributed by atoms with Crippen LogP contribution in [0.3, 0.4) is 0 Å². The van der Waals surface area contributed by atoms with Crippen molar-refractivity contribution in [3.8, 4) is 0 Å². The molecule has 3 rings (SSSR count). The number of benzene rings is 1. The minimum Gasteiger partial charge on any atom is -0.302 e. The Morgan fingerprint density at radius 3 is 2.46 bits per heavy atom. The topological polar surface area (TPSA) is 60.9 Å². The van der Waals surface area contributed by atoms with Crippen molar-refractivity contribution in [1.82, 2.24) is 9.96 Å². The first-order valence-electron chi connectivity index (χ1n) is 6.52. The summed E-state index contributed by atoms with van der Waals surface area (Å²) in [6.45, 7) is -0.579. The van der Waals surface area contributed by atoms with Gasteiger partial charge < -0.3 is 4.90 Å². The average molecular weight is 468 g/mol. The molecule has 0 radical (unpaired) electrons. The molecule has 0 bridgehead atoms. The van der Waals surface area contributed by atoms with Crippen molar-refractivity contribution in [2.45, 2.75) is 6.17 Å². The Morgan fingerprint density at radius 2 is 1.92 bits per heavy atom. The smallest absolute Gasteiger partial charge is 0.268 e. The third-order valence-corrected chi connectivity index (χ3v) is 5.56. The molecule has 1 aromatic heterocycles. The highest BCUT2D eigenvalue weighted by Gasteiger charge is 2.43. The molecule has 1 aliphatic heterocycles. The fourth-order valence-corrected chi connectivity index (χ4v) is 4.12.